The Labute approximate surface area is 96.7 Å². The van der Waals surface area contributed by atoms with Gasteiger partial charge in [0.2, 0.25) is 0 Å². The van der Waals surface area contributed by atoms with Crippen LogP contribution in [0.3, 0.4) is 0 Å². The molecule has 0 amide bonds. The molecule has 0 atom stereocenters. The number of rotatable bonds is 1. The Balaban J connectivity index is 2.50. The second-order valence-corrected chi connectivity index (χ2v) is 3.87. The largest absolute Gasteiger partial charge is 0.416 e. The number of alkyl halides is 3. The van der Waals surface area contributed by atoms with E-state index in [4.69, 9.17) is 0 Å². The molecule has 0 aliphatic carbocycles. The number of aryl methyl sites for hydroxylation is 2. The Hall–Kier alpha value is -1.78. The average Bonchev–Trinajstić information content (AvgIpc) is 2.57. The molecule has 1 heterocycles. The highest BCUT2D eigenvalue weighted by molar-refractivity contribution is 5.61. The van der Waals surface area contributed by atoms with Gasteiger partial charge in [0.1, 0.15) is 0 Å². The van der Waals surface area contributed by atoms with E-state index in [-0.39, 0.29) is 0 Å². The van der Waals surface area contributed by atoms with E-state index in [1.54, 1.807) is 30.8 Å². The lowest BCUT2D eigenvalue weighted by Gasteiger charge is -2.08. The van der Waals surface area contributed by atoms with E-state index in [2.05, 4.69) is 5.10 Å². The quantitative estimate of drug-likeness (QED) is 0.746. The minimum absolute atomic E-state index is 0.517. The van der Waals surface area contributed by atoms with Crippen LogP contribution >= 0.6 is 0 Å². The Morgan fingerprint density at radius 3 is 2.41 bits per heavy atom. The highest BCUT2D eigenvalue weighted by atomic mass is 19.4. The summed E-state index contributed by atoms with van der Waals surface area (Å²) >= 11 is 0. The van der Waals surface area contributed by atoms with Crippen molar-refractivity contribution in [2.24, 2.45) is 7.05 Å². The number of hydrogen-bond donors (Lipinski definition) is 0. The molecule has 0 unspecified atom stereocenters. The zero-order valence-electron chi connectivity index (χ0n) is 9.42. The molecule has 0 radical (unpaired) electrons. The summed E-state index contributed by atoms with van der Waals surface area (Å²) in [5.74, 6) is 0. The molecule has 0 aliphatic heterocycles. The molecule has 17 heavy (non-hydrogen) atoms. The van der Waals surface area contributed by atoms with Crippen molar-refractivity contribution < 1.29 is 13.2 Å². The lowest BCUT2D eigenvalue weighted by atomic mass is 10.1. The maximum atomic E-state index is 12.6. The topological polar surface area (TPSA) is 17.8 Å². The number of nitrogens with zero attached hydrogens (tertiary/aromatic N) is 2. The van der Waals surface area contributed by atoms with Crippen LogP contribution in [0.4, 0.5) is 13.2 Å². The van der Waals surface area contributed by atoms with Crippen LogP contribution < -0.4 is 0 Å². The van der Waals surface area contributed by atoms with Gasteiger partial charge in [0, 0.05) is 12.6 Å². The number of aromatic nitrogens is 2. The van der Waals surface area contributed by atoms with Gasteiger partial charge in [-0.25, -0.2) is 0 Å². The molecule has 1 aromatic carbocycles. The van der Waals surface area contributed by atoms with Crippen LogP contribution in [0.5, 0.6) is 0 Å². The third-order valence-electron chi connectivity index (χ3n) is 2.49. The fourth-order valence-corrected chi connectivity index (χ4v) is 1.74. The lowest BCUT2D eigenvalue weighted by molar-refractivity contribution is -0.137. The molecule has 0 bridgehead atoms. The van der Waals surface area contributed by atoms with E-state index in [1.165, 1.54) is 6.07 Å². The molecule has 2 rings (SSSR count). The summed E-state index contributed by atoms with van der Waals surface area (Å²) in [7, 11) is 1.71. The predicted molar refractivity (Wildman–Crippen MR) is 58.4 cm³/mol. The number of hydrogen-bond acceptors (Lipinski definition) is 1. The van der Waals surface area contributed by atoms with Gasteiger partial charge in [-0.1, -0.05) is 12.1 Å². The van der Waals surface area contributed by atoms with Crippen molar-refractivity contribution >= 4 is 0 Å². The molecule has 0 fully saturated rings. The first-order valence-electron chi connectivity index (χ1n) is 5.06. The standard InChI is InChI=1S/C12H11F3N2/c1-8-6-11(17(2)16-8)9-4-3-5-10(7-9)12(13,14)15/h3-7H,1-2H3. The van der Waals surface area contributed by atoms with E-state index in [0.717, 1.165) is 17.8 Å². The summed E-state index contributed by atoms with van der Waals surface area (Å²) in [4.78, 5) is 0. The summed E-state index contributed by atoms with van der Waals surface area (Å²) in [5.41, 5.74) is 1.32. The maximum Gasteiger partial charge on any atom is 0.416 e. The summed E-state index contributed by atoms with van der Waals surface area (Å²) < 4.78 is 39.3. The van der Waals surface area contributed by atoms with Crippen LogP contribution in [0, 0.1) is 6.92 Å². The summed E-state index contributed by atoms with van der Waals surface area (Å²) in [6.07, 6.45) is -4.32. The third-order valence-corrected chi connectivity index (χ3v) is 2.49. The van der Waals surface area contributed by atoms with Gasteiger partial charge in [0.05, 0.1) is 17.0 Å². The zero-order valence-corrected chi connectivity index (χ0v) is 9.42. The van der Waals surface area contributed by atoms with Crippen LogP contribution in [-0.2, 0) is 13.2 Å². The van der Waals surface area contributed by atoms with Gasteiger partial charge < -0.3 is 0 Å². The molecule has 2 aromatic rings. The molecule has 5 heteroatoms. The van der Waals surface area contributed by atoms with Crippen molar-refractivity contribution in [3.05, 3.63) is 41.6 Å². The second kappa shape index (κ2) is 3.91. The van der Waals surface area contributed by atoms with Crippen molar-refractivity contribution in [1.82, 2.24) is 9.78 Å². The first kappa shape index (κ1) is 11.7. The van der Waals surface area contributed by atoms with Crippen molar-refractivity contribution in [3.8, 4) is 11.3 Å². The van der Waals surface area contributed by atoms with E-state index in [9.17, 15) is 13.2 Å². The van der Waals surface area contributed by atoms with Gasteiger partial charge in [-0.05, 0) is 25.1 Å². The fraction of sp³-hybridized carbons (Fsp3) is 0.250. The number of halogens is 3. The first-order chi connectivity index (χ1) is 7.88. The molecule has 90 valence electrons. The van der Waals surface area contributed by atoms with Gasteiger partial charge in [-0.2, -0.15) is 18.3 Å². The average molecular weight is 240 g/mol. The SMILES string of the molecule is Cc1cc(-c2cccc(C(F)(F)F)c2)n(C)n1. The van der Waals surface area contributed by atoms with Crippen molar-refractivity contribution in [1.29, 1.82) is 0 Å². The molecular weight excluding hydrogens is 229 g/mol. The molecule has 0 spiro atoms. The molecule has 1 aromatic heterocycles. The Morgan fingerprint density at radius 1 is 1.18 bits per heavy atom. The smallest absolute Gasteiger partial charge is 0.268 e. The predicted octanol–water partition coefficient (Wildman–Crippen LogP) is 3.41. The third kappa shape index (κ3) is 2.33. The van der Waals surface area contributed by atoms with Crippen molar-refractivity contribution in [2.45, 2.75) is 13.1 Å². The van der Waals surface area contributed by atoms with E-state index < -0.39 is 11.7 Å². The molecule has 0 N–H and O–H groups in total. The fourth-order valence-electron chi connectivity index (χ4n) is 1.74. The maximum absolute atomic E-state index is 12.6. The van der Waals surface area contributed by atoms with Gasteiger partial charge in [0.25, 0.3) is 0 Å². The van der Waals surface area contributed by atoms with Gasteiger partial charge in [0.15, 0.2) is 0 Å². The van der Waals surface area contributed by atoms with Crippen LogP contribution in [0.15, 0.2) is 30.3 Å². The number of benzene rings is 1. The highest BCUT2D eigenvalue weighted by Gasteiger charge is 2.30. The molecule has 0 saturated carbocycles. The minimum Gasteiger partial charge on any atom is -0.268 e. The summed E-state index contributed by atoms with van der Waals surface area (Å²) in [6.45, 7) is 1.80. The molecule has 0 aliphatic rings. The minimum atomic E-state index is -4.32. The van der Waals surface area contributed by atoms with Crippen LogP contribution in [-0.4, -0.2) is 9.78 Å². The van der Waals surface area contributed by atoms with E-state index >= 15 is 0 Å². The van der Waals surface area contributed by atoms with Crippen molar-refractivity contribution in [2.75, 3.05) is 0 Å². The molecule has 2 nitrogen and oxygen atoms in total. The van der Waals surface area contributed by atoms with Crippen LogP contribution in [0.25, 0.3) is 11.3 Å². The Morgan fingerprint density at radius 2 is 1.88 bits per heavy atom. The second-order valence-electron chi connectivity index (χ2n) is 3.87. The normalized spacial score (nSPS) is 11.8. The molecular formula is C12H11F3N2. The monoisotopic (exact) mass is 240 g/mol. The zero-order chi connectivity index (χ0) is 12.6. The van der Waals surface area contributed by atoms with Crippen LogP contribution in [0.1, 0.15) is 11.3 Å². The van der Waals surface area contributed by atoms with Gasteiger partial charge in [-0.3, -0.25) is 4.68 Å². The first-order valence-corrected chi connectivity index (χ1v) is 5.06. The Bertz CT molecular complexity index is 541. The van der Waals surface area contributed by atoms with Crippen LogP contribution in [0.2, 0.25) is 0 Å². The Kier molecular flexibility index (Phi) is 2.69. The van der Waals surface area contributed by atoms with Gasteiger partial charge in [-0.15, -0.1) is 0 Å². The highest BCUT2D eigenvalue weighted by Crippen LogP contribution is 2.32. The van der Waals surface area contributed by atoms with Gasteiger partial charge >= 0.3 is 6.18 Å². The summed E-state index contributed by atoms with van der Waals surface area (Å²) in [6, 6.07) is 7.00. The van der Waals surface area contributed by atoms with E-state index in [1.807, 2.05) is 0 Å². The summed E-state index contributed by atoms with van der Waals surface area (Å²) in [5, 5.41) is 4.11. The van der Waals surface area contributed by atoms with Crippen molar-refractivity contribution in [3.63, 3.8) is 0 Å². The lowest BCUT2D eigenvalue weighted by Crippen LogP contribution is -2.05. The van der Waals surface area contributed by atoms with E-state index in [0.29, 0.717) is 11.3 Å². The molecule has 0 saturated heterocycles.